The normalized spacial score (nSPS) is 57.7. The Morgan fingerprint density at radius 2 is 1.66 bits per heavy atom. The van der Waals surface area contributed by atoms with Crippen molar-refractivity contribution in [2.24, 2.45) is 50.7 Å². The van der Waals surface area contributed by atoms with Crippen LogP contribution < -0.4 is 0 Å². The molecule has 0 aromatic carbocycles. The molecular formula is C30H48O5. The summed E-state index contributed by atoms with van der Waals surface area (Å²) in [5.74, 6) is -0.356. The molecule has 35 heavy (non-hydrogen) atoms. The molecule has 4 N–H and O–H groups in total. The standard InChI is InChI=1S/C30H48O5/c1-18-9-14-30(24(33)34)16-15-27(4)19(23(30)29(18,6)35)7-8-21-25(2)12-11-22(32)26(3,17-31)20(25)10-13-28(21,27)5/h7,18,20-23,31-32,35H,8-17H2,1-6H3,(H,33,34)/t18-,20+,21-,22-,23-,25+,26-,27-,28-,29-,30+/m1/s1. The number of allylic oxidation sites excluding steroid dienone is 1. The molecule has 11 atom stereocenters. The molecule has 0 amide bonds. The highest BCUT2D eigenvalue weighted by atomic mass is 16.4. The van der Waals surface area contributed by atoms with Crippen LogP contribution in [0.25, 0.3) is 0 Å². The van der Waals surface area contributed by atoms with E-state index in [1.54, 1.807) is 0 Å². The number of aliphatic hydroxyl groups excluding tert-OH is 2. The van der Waals surface area contributed by atoms with Crippen LogP contribution in [0.15, 0.2) is 11.6 Å². The molecule has 5 aliphatic carbocycles. The molecule has 0 bridgehead atoms. The smallest absolute Gasteiger partial charge is 0.310 e. The number of fused-ring (bicyclic) bond motifs is 7. The average molecular weight is 489 g/mol. The largest absolute Gasteiger partial charge is 0.481 e. The highest BCUT2D eigenvalue weighted by Gasteiger charge is 2.71. The molecule has 5 nitrogen and oxygen atoms in total. The second-order valence-electron chi connectivity index (χ2n) is 14.6. The van der Waals surface area contributed by atoms with E-state index in [1.165, 1.54) is 5.57 Å². The second-order valence-corrected chi connectivity index (χ2v) is 14.6. The second kappa shape index (κ2) is 7.57. The lowest BCUT2D eigenvalue weighted by molar-refractivity contribution is -0.225. The summed E-state index contributed by atoms with van der Waals surface area (Å²) in [7, 11) is 0. The minimum absolute atomic E-state index is 0.0115. The van der Waals surface area contributed by atoms with Crippen molar-refractivity contribution in [3.63, 3.8) is 0 Å². The maximum absolute atomic E-state index is 12.8. The van der Waals surface area contributed by atoms with E-state index in [-0.39, 0.29) is 40.6 Å². The summed E-state index contributed by atoms with van der Waals surface area (Å²) in [6.07, 6.45) is 9.32. The fourth-order valence-electron chi connectivity index (χ4n) is 10.9. The Morgan fingerprint density at radius 1 is 0.971 bits per heavy atom. The fraction of sp³-hybridized carbons (Fsp3) is 0.900. The summed E-state index contributed by atoms with van der Waals surface area (Å²) >= 11 is 0. The van der Waals surface area contributed by atoms with Crippen LogP contribution >= 0.6 is 0 Å². The lowest BCUT2D eigenvalue weighted by Crippen LogP contribution is -2.68. The van der Waals surface area contributed by atoms with Crippen molar-refractivity contribution in [2.75, 3.05) is 6.61 Å². The molecule has 0 heterocycles. The Bertz CT molecular complexity index is 941. The van der Waals surface area contributed by atoms with Gasteiger partial charge >= 0.3 is 5.97 Å². The number of hydrogen-bond acceptors (Lipinski definition) is 4. The van der Waals surface area contributed by atoms with E-state index in [1.807, 2.05) is 6.92 Å². The molecule has 0 aromatic heterocycles. The first-order valence-electron chi connectivity index (χ1n) is 14.1. The maximum atomic E-state index is 12.8. The summed E-state index contributed by atoms with van der Waals surface area (Å²) in [5.41, 5.74) is -1.35. The first-order chi connectivity index (χ1) is 16.1. The lowest BCUT2D eigenvalue weighted by atomic mass is 9.33. The zero-order valence-corrected chi connectivity index (χ0v) is 22.7. The topological polar surface area (TPSA) is 98.0 Å². The van der Waals surface area contributed by atoms with Crippen LogP contribution in [0.1, 0.15) is 99.3 Å². The summed E-state index contributed by atoms with van der Waals surface area (Å²) in [6, 6.07) is 0. The molecule has 5 rings (SSSR count). The number of hydrogen-bond donors (Lipinski definition) is 4. The van der Waals surface area contributed by atoms with E-state index in [0.29, 0.717) is 18.8 Å². The van der Waals surface area contributed by atoms with E-state index < -0.39 is 28.5 Å². The van der Waals surface area contributed by atoms with Crippen molar-refractivity contribution in [3.8, 4) is 0 Å². The molecule has 5 heteroatoms. The van der Waals surface area contributed by atoms with E-state index in [9.17, 15) is 25.2 Å². The van der Waals surface area contributed by atoms with Crippen LogP contribution in [-0.4, -0.2) is 44.7 Å². The fourth-order valence-corrected chi connectivity index (χ4v) is 10.9. The Balaban J connectivity index is 1.64. The number of carboxylic acid groups (broad SMARTS) is 1. The first-order valence-corrected chi connectivity index (χ1v) is 14.1. The Hall–Kier alpha value is -0.910. The molecule has 0 unspecified atom stereocenters. The van der Waals surface area contributed by atoms with Gasteiger partial charge in [-0.2, -0.15) is 0 Å². The van der Waals surface area contributed by atoms with Crippen LogP contribution in [0, 0.1) is 50.7 Å². The van der Waals surface area contributed by atoms with Gasteiger partial charge in [-0.1, -0.05) is 46.3 Å². The van der Waals surface area contributed by atoms with E-state index >= 15 is 0 Å². The van der Waals surface area contributed by atoms with Crippen LogP contribution in [-0.2, 0) is 4.79 Å². The van der Waals surface area contributed by atoms with Gasteiger partial charge in [0.1, 0.15) is 0 Å². The van der Waals surface area contributed by atoms with Crippen molar-refractivity contribution >= 4 is 5.97 Å². The molecule has 0 saturated heterocycles. The molecule has 0 radical (unpaired) electrons. The van der Waals surface area contributed by atoms with E-state index in [2.05, 4.69) is 40.7 Å². The summed E-state index contributed by atoms with van der Waals surface area (Å²) in [5, 5.41) is 43.8. The van der Waals surface area contributed by atoms with E-state index in [4.69, 9.17) is 0 Å². The molecular weight excluding hydrogens is 440 g/mol. The predicted molar refractivity (Wildman–Crippen MR) is 135 cm³/mol. The van der Waals surface area contributed by atoms with Crippen molar-refractivity contribution < 1.29 is 25.2 Å². The maximum Gasteiger partial charge on any atom is 0.310 e. The van der Waals surface area contributed by atoms with Gasteiger partial charge in [0.05, 0.1) is 23.7 Å². The molecule has 4 fully saturated rings. The number of aliphatic carboxylic acids is 1. The van der Waals surface area contributed by atoms with Crippen molar-refractivity contribution in [1.82, 2.24) is 0 Å². The van der Waals surface area contributed by atoms with Gasteiger partial charge in [0.2, 0.25) is 0 Å². The van der Waals surface area contributed by atoms with Gasteiger partial charge in [-0.05, 0) is 98.7 Å². The van der Waals surface area contributed by atoms with Crippen LogP contribution in [0.3, 0.4) is 0 Å². The third kappa shape index (κ3) is 2.90. The van der Waals surface area contributed by atoms with Gasteiger partial charge in [-0.25, -0.2) is 0 Å². The monoisotopic (exact) mass is 488 g/mol. The minimum atomic E-state index is -1.04. The number of carbonyl (C=O) groups is 1. The lowest BCUT2D eigenvalue weighted by Gasteiger charge is -2.71. The van der Waals surface area contributed by atoms with Gasteiger partial charge in [0.25, 0.3) is 0 Å². The van der Waals surface area contributed by atoms with Crippen LogP contribution in [0.2, 0.25) is 0 Å². The van der Waals surface area contributed by atoms with Crippen LogP contribution in [0.4, 0.5) is 0 Å². The van der Waals surface area contributed by atoms with Gasteiger partial charge in [0.15, 0.2) is 0 Å². The van der Waals surface area contributed by atoms with Gasteiger partial charge in [-0.15, -0.1) is 0 Å². The van der Waals surface area contributed by atoms with Crippen molar-refractivity contribution in [1.29, 1.82) is 0 Å². The number of carboxylic acids is 1. The zero-order chi connectivity index (χ0) is 25.8. The third-order valence-electron chi connectivity index (χ3n) is 13.6. The summed E-state index contributed by atoms with van der Waals surface area (Å²) < 4.78 is 0. The SMILES string of the molecule is C[C@@H]1CC[C@]2(C(=O)O)CC[C@]3(C)C(=CC[C@@H]4[C@@]5(C)CC[C@@H](O)[C@](C)(CO)[C@H]5CC[C@]43C)[C@@H]2[C@]1(C)O. The predicted octanol–water partition coefficient (Wildman–Crippen LogP) is 5.18. The van der Waals surface area contributed by atoms with Gasteiger partial charge in [0, 0.05) is 11.3 Å². The molecule has 0 spiro atoms. The average Bonchev–Trinajstić information content (AvgIpc) is 2.79. The Labute approximate surface area is 211 Å². The molecule has 5 aliphatic rings. The summed E-state index contributed by atoms with van der Waals surface area (Å²) in [4.78, 5) is 12.8. The highest BCUT2D eigenvalue weighted by Crippen LogP contribution is 2.76. The third-order valence-corrected chi connectivity index (χ3v) is 13.6. The zero-order valence-electron chi connectivity index (χ0n) is 22.7. The Morgan fingerprint density at radius 3 is 2.29 bits per heavy atom. The van der Waals surface area contributed by atoms with E-state index in [0.717, 1.165) is 44.9 Å². The van der Waals surface area contributed by atoms with Crippen LogP contribution in [0.5, 0.6) is 0 Å². The quantitative estimate of drug-likeness (QED) is 0.402. The molecule has 0 aromatic rings. The van der Waals surface area contributed by atoms with Crippen molar-refractivity contribution in [3.05, 3.63) is 11.6 Å². The highest BCUT2D eigenvalue weighted by molar-refractivity contribution is 5.77. The molecule has 0 aliphatic heterocycles. The van der Waals surface area contributed by atoms with Gasteiger partial charge < -0.3 is 20.4 Å². The van der Waals surface area contributed by atoms with Crippen molar-refractivity contribution in [2.45, 2.75) is 111 Å². The first kappa shape index (κ1) is 25.7. The molecule has 198 valence electrons. The van der Waals surface area contributed by atoms with Gasteiger partial charge in [-0.3, -0.25) is 4.79 Å². The minimum Gasteiger partial charge on any atom is -0.481 e. The Kier molecular flexibility index (Phi) is 5.56. The summed E-state index contributed by atoms with van der Waals surface area (Å²) in [6.45, 7) is 13.3. The molecule has 4 saturated carbocycles. The number of aliphatic hydroxyl groups is 3. The number of rotatable bonds is 2.